The zero-order chi connectivity index (χ0) is 22.2. The van der Waals surface area contributed by atoms with Gasteiger partial charge >= 0.3 is 0 Å². The SMILES string of the molecule is COc1ccc(OC)c(/C=C/C(=O)Nc2cccc(C(=O)Nc3cccc(F)c3)c2)c1. The zero-order valence-electron chi connectivity index (χ0n) is 17.0. The van der Waals surface area contributed by atoms with Crippen molar-refractivity contribution in [1.29, 1.82) is 0 Å². The van der Waals surface area contributed by atoms with Crippen LogP contribution in [-0.4, -0.2) is 26.0 Å². The summed E-state index contributed by atoms with van der Waals surface area (Å²) in [6, 6.07) is 17.3. The van der Waals surface area contributed by atoms with Crippen LogP contribution in [-0.2, 0) is 4.79 Å². The molecule has 0 aromatic heterocycles. The lowest BCUT2D eigenvalue weighted by molar-refractivity contribution is -0.111. The Hall–Kier alpha value is -4.13. The molecule has 0 bridgehead atoms. The second-order valence-corrected chi connectivity index (χ2v) is 6.48. The quantitative estimate of drug-likeness (QED) is 0.541. The van der Waals surface area contributed by atoms with Crippen molar-refractivity contribution in [1.82, 2.24) is 0 Å². The molecule has 0 atom stereocenters. The van der Waals surface area contributed by atoms with Crippen LogP contribution < -0.4 is 20.1 Å². The molecule has 0 radical (unpaired) electrons. The number of rotatable bonds is 7. The molecule has 7 heteroatoms. The van der Waals surface area contributed by atoms with E-state index in [0.717, 1.165) is 0 Å². The third-order valence-corrected chi connectivity index (χ3v) is 4.33. The average molecular weight is 420 g/mol. The van der Waals surface area contributed by atoms with Gasteiger partial charge in [-0.2, -0.15) is 0 Å². The molecule has 2 N–H and O–H groups in total. The van der Waals surface area contributed by atoms with Gasteiger partial charge in [-0.05, 0) is 60.7 Å². The fraction of sp³-hybridized carbons (Fsp3) is 0.0833. The summed E-state index contributed by atoms with van der Waals surface area (Å²) in [5.41, 5.74) is 1.79. The molecule has 0 spiro atoms. The smallest absolute Gasteiger partial charge is 0.255 e. The Bertz CT molecular complexity index is 1130. The highest BCUT2D eigenvalue weighted by atomic mass is 19.1. The van der Waals surface area contributed by atoms with Gasteiger partial charge in [0.15, 0.2) is 0 Å². The Balaban J connectivity index is 1.68. The lowest BCUT2D eigenvalue weighted by Gasteiger charge is -2.08. The highest BCUT2D eigenvalue weighted by Gasteiger charge is 2.09. The first-order chi connectivity index (χ1) is 15.0. The lowest BCUT2D eigenvalue weighted by Crippen LogP contribution is -2.13. The molecule has 0 heterocycles. The van der Waals surface area contributed by atoms with Crippen LogP contribution in [0.5, 0.6) is 11.5 Å². The molecule has 6 nitrogen and oxygen atoms in total. The van der Waals surface area contributed by atoms with Crippen molar-refractivity contribution < 1.29 is 23.5 Å². The van der Waals surface area contributed by atoms with E-state index >= 15 is 0 Å². The molecular weight excluding hydrogens is 399 g/mol. The maximum absolute atomic E-state index is 13.3. The molecule has 3 rings (SSSR count). The molecule has 31 heavy (non-hydrogen) atoms. The number of halogens is 1. The minimum absolute atomic E-state index is 0.320. The number of anilines is 2. The van der Waals surface area contributed by atoms with Gasteiger partial charge in [0, 0.05) is 28.6 Å². The minimum atomic E-state index is -0.446. The minimum Gasteiger partial charge on any atom is -0.497 e. The van der Waals surface area contributed by atoms with Gasteiger partial charge in [-0.15, -0.1) is 0 Å². The van der Waals surface area contributed by atoms with Crippen LogP contribution in [0.1, 0.15) is 15.9 Å². The lowest BCUT2D eigenvalue weighted by atomic mass is 10.1. The number of nitrogens with one attached hydrogen (secondary N) is 2. The summed E-state index contributed by atoms with van der Waals surface area (Å²) in [4.78, 5) is 24.8. The number of methoxy groups -OCH3 is 2. The Morgan fingerprint density at radius 2 is 1.61 bits per heavy atom. The number of ether oxygens (including phenoxy) is 2. The molecule has 0 fully saturated rings. The van der Waals surface area contributed by atoms with E-state index in [4.69, 9.17) is 9.47 Å². The van der Waals surface area contributed by atoms with Gasteiger partial charge in [0.25, 0.3) is 5.91 Å². The molecule has 3 aromatic carbocycles. The summed E-state index contributed by atoms with van der Waals surface area (Å²) in [7, 11) is 3.10. The molecule has 0 unspecified atom stereocenters. The van der Waals surface area contributed by atoms with Gasteiger partial charge in [-0.3, -0.25) is 9.59 Å². The molecule has 0 aliphatic carbocycles. The van der Waals surface area contributed by atoms with Gasteiger partial charge in [-0.25, -0.2) is 4.39 Å². The summed E-state index contributed by atoms with van der Waals surface area (Å²) < 4.78 is 23.8. The Kier molecular flexibility index (Phi) is 7.01. The van der Waals surface area contributed by atoms with Crippen LogP contribution >= 0.6 is 0 Å². The summed E-state index contributed by atoms with van der Waals surface area (Å²) in [5, 5.41) is 5.33. The van der Waals surface area contributed by atoms with E-state index in [1.165, 1.54) is 30.3 Å². The third-order valence-electron chi connectivity index (χ3n) is 4.33. The molecule has 0 saturated carbocycles. The predicted molar refractivity (Wildman–Crippen MR) is 118 cm³/mol. The molecule has 0 aliphatic heterocycles. The highest BCUT2D eigenvalue weighted by molar-refractivity contribution is 6.06. The first-order valence-electron chi connectivity index (χ1n) is 9.36. The van der Waals surface area contributed by atoms with Gasteiger partial charge < -0.3 is 20.1 Å². The van der Waals surface area contributed by atoms with Gasteiger partial charge in [0.05, 0.1) is 14.2 Å². The van der Waals surface area contributed by atoms with Crippen molar-refractivity contribution in [2.75, 3.05) is 24.9 Å². The van der Waals surface area contributed by atoms with E-state index < -0.39 is 11.7 Å². The van der Waals surface area contributed by atoms with E-state index in [9.17, 15) is 14.0 Å². The highest BCUT2D eigenvalue weighted by Crippen LogP contribution is 2.25. The van der Waals surface area contributed by atoms with Gasteiger partial charge in [0.1, 0.15) is 17.3 Å². The van der Waals surface area contributed by atoms with Crippen LogP contribution in [0.4, 0.5) is 15.8 Å². The van der Waals surface area contributed by atoms with E-state index in [0.29, 0.717) is 34.0 Å². The average Bonchev–Trinajstić information content (AvgIpc) is 2.77. The van der Waals surface area contributed by atoms with Crippen LogP contribution in [0, 0.1) is 5.82 Å². The van der Waals surface area contributed by atoms with Gasteiger partial charge in [0.2, 0.25) is 5.91 Å². The fourth-order valence-corrected chi connectivity index (χ4v) is 2.83. The van der Waals surface area contributed by atoms with Crippen LogP contribution in [0.15, 0.2) is 72.8 Å². The van der Waals surface area contributed by atoms with Crippen LogP contribution in [0.2, 0.25) is 0 Å². The first-order valence-corrected chi connectivity index (χ1v) is 9.36. The second kappa shape index (κ2) is 10.1. The normalized spacial score (nSPS) is 10.5. The molecule has 158 valence electrons. The summed E-state index contributed by atoms with van der Waals surface area (Å²) in [6.45, 7) is 0. The molecule has 3 aromatic rings. The number of benzene rings is 3. The first kappa shape index (κ1) is 21.6. The van der Waals surface area contributed by atoms with E-state index in [1.54, 1.807) is 62.8 Å². The largest absolute Gasteiger partial charge is 0.497 e. The molecule has 0 aliphatic rings. The molecule has 2 amide bonds. The van der Waals surface area contributed by atoms with Crippen molar-refractivity contribution in [3.63, 3.8) is 0 Å². The third kappa shape index (κ3) is 5.93. The standard InChI is InChI=1S/C24H21FN2O4/c1-30-21-10-11-22(31-2)16(14-21)9-12-23(28)26-19-7-3-5-17(13-19)24(29)27-20-8-4-6-18(25)15-20/h3-15H,1-2H3,(H,26,28)(H,27,29)/b12-9+. The van der Waals surface area contributed by atoms with E-state index in [-0.39, 0.29) is 5.91 Å². The van der Waals surface area contributed by atoms with Crippen molar-refractivity contribution in [3.05, 3.63) is 89.8 Å². The van der Waals surface area contributed by atoms with Crippen molar-refractivity contribution in [3.8, 4) is 11.5 Å². The maximum atomic E-state index is 13.3. The fourth-order valence-electron chi connectivity index (χ4n) is 2.83. The number of carbonyl (C=O) groups is 2. The Labute approximate surface area is 179 Å². The number of carbonyl (C=O) groups excluding carboxylic acids is 2. The van der Waals surface area contributed by atoms with Crippen molar-refractivity contribution in [2.45, 2.75) is 0 Å². The Morgan fingerprint density at radius 3 is 2.32 bits per heavy atom. The van der Waals surface area contributed by atoms with Crippen LogP contribution in [0.3, 0.4) is 0 Å². The maximum Gasteiger partial charge on any atom is 0.255 e. The van der Waals surface area contributed by atoms with Crippen molar-refractivity contribution >= 4 is 29.3 Å². The molecular formula is C24H21FN2O4. The zero-order valence-corrected chi connectivity index (χ0v) is 17.0. The summed E-state index contributed by atoms with van der Waals surface area (Å²) in [5.74, 6) is -0.0112. The van der Waals surface area contributed by atoms with Crippen molar-refractivity contribution in [2.24, 2.45) is 0 Å². The van der Waals surface area contributed by atoms with E-state index in [2.05, 4.69) is 10.6 Å². The van der Waals surface area contributed by atoms with Gasteiger partial charge in [-0.1, -0.05) is 12.1 Å². The number of hydrogen-bond acceptors (Lipinski definition) is 4. The van der Waals surface area contributed by atoms with E-state index in [1.807, 2.05) is 0 Å². The number of amides is 2. The summed E-state index contributed by atoms with van der Waals surface area (Å²) >= 11 is 0. The second-order valence-electron chi connectivity index (χ2n) is 6.48. The Morgan fingerprint density at radius 1 is 0.871 bits per heavy atom. The van der Waals surface area contributed by atoms with Crippen LogP contribution in [0.25, 0.3) is 6.08 Å². The topological polar surface area (TPSA) is 76.7 Å². The molecule has 0 saturated heterocycles. The predicted octanol–water partition coefficient (Wildman–Crippen LogP) is 4.75. The summed E-state index contributed by atoms with van der Waals surface area (Å²) in [6.07, 6.45) is 2.97. The monoisotopic (exact) mass is 420 g/mol. The number of hydrogen-bond donors (Lipinski definition) is 2.